The van der Waals surface area contributed by atoms with Gasteiger partial charge in [-0.3, -0.25) is 0 Å². The van der Waals surface area contributed by atoms with Crippen LogP contribution in [0.2, 0.25) is 0 Å². The van der Waals surface area contributed by atoms with Gasteiger partial charge in [-0.25, -0.2) is 4.39 Å². The second-order valence-corrected chi connectivity index (χ2v) is 7.18. The predicted molar refractivity (Wildman–Crippen MR) is 88.3 cm³/mol. The van der Waals surface area contributed by atoms with E-state index in [0.29, 0.717) is 17.8 Å². The first-order valence-electron chi connectivity index (χ1n) is 8.46. The molecule has 1 N–H and O–H groups in total. The van der Waals surface area contributed by atoms with Crippen LogP contribution in [0, 0.1) is 31.5 Å². The number of rotatable bonds is 5. The zero-order valence-electron chi connectivity index (χ0n) is 14.0. The third kappa shape index (κ3) is 4.29. The SMILES string of the molecule is Cc1cc(C)c(C2CCCCC2CNCC(C)C)c(F)c1. The molecule has 0 bridgehead atoms. The molecule has 2 atom stereocenters. The third-order valence-electron chi connectivity index (χ3n) is 4.72. The van der Waals surface area contributed by atoms with Crippen LogP contribution in [0.1, 0.15) is 62.1 Å². The van der Waals surface area contributed by atoms with Crippen molar-refractivity contribution >= 4 is 0 Å². The first-order chi connectivity index (χ1) is 9.99. The average molecular weight is 291 g/mol. The molecule has 2 heteroatoms. The molecule has 0 saturated heterocycles. The maximum absolute atomic E-state index is 14.5. The Balaban J connectivity index is 2.15. The highest BCUT2D eigenvalue weighted by Gasteiger charge is 2.29. The van der Waals surface area contributed by atoms with Crippen LogP contribution < -0.4 is 5.32 Å². The van der Waals surface area contributed by atoms with Crippen LogP contribution in [0.4, 0.5) is 4.39 Å². The van der Waals surface area contributed by atoms with Gasteiger partial charge in [-0.05, 0) is 80.3 Å². The molecule has 0 spiro atoms. The maximum Gasteiger partial charge on any atom is 0.127 e. The van der Waals surface area contributed by atoms with E-state index in [1.165, 1.54) is 19.3 Å². The molecule has 1 aromatic rings. The second kappa shape index (κ2) is 7.40. The van der Waals surface area contributed by atoms with E-state index in [-0.39, 0.29) is 5.82 Å². The molecular formula is C19H30FN. The van der Waals surface area contributed by atoms with Crippen LogP contribution in [0.25, 0.3) is 0 Å². The Kier molecular flexibility index (Phi) is 5.80. The van der Waals surface area contributed by atoms with E-state index >= 15 is 0 Å². The third-order valence-corrected chi connectivity index (χ3v) is 4.72. The zero-order chi connectivity index (χ0) is 15.4. The average Bonchev–Trinajstić information content (AvgIpc) is 2.39. The minimum atomic E-state index is 0.00765. The van der Waals surface area contributed by atoms with Gasteiger partial charge >= 0.3 is 0 Å². The lowest BCUT2D eigenvalue weighted by molar-refractivity contribution is 0.286. The molecule has 1 fully saturated rings. The van der Waals surface area contributed by atoms with Gasteiger partial charge in [0.25, 0.3) is 0 Å². The lowest BCUT2D eigenvalue weighted by atomic mass is 9.74. The van der Waals surface area contributed by atoms with E-state index in [0.717, 1.165) is 36.2 Å². The lowest BCUT2D eigenvalue weighted by Gasteiger charge is -2.33. The molecule has 1 aliphatic rings. The van der Waals surface area contributed by atoms with E-state index in [4.69, 9.17) is 0 Å². The first kappa shape index (κ1) is 16.5. The summed E-state index contributed by atoms with van der Waals surface area (Å²) < 4.78 is 14.5. The normalized spacial score (nSPS) is 22.8. The van der Waals surface area contributed by atoms with Crippen molar-refractivity contribution in [2.24, 2.45) is 11.8 Å². The highest BCUT2D eigenvalue weighted by Crippen LogP contribution is 2.40. The van der Waals surface area contributed by atoms with Gasteiger partial charge in [0.05, 0.1) is 0 Å². The highest BCUT2D eigenvalue weighted by atomic mass is 19.1. The van der Waals surface area contributed by atoms with Crippen molar-refractivity contribution in [2.75, 3.05) is 13.1 Å². The Labute approximate surface area is 129 Å². The summed E-state index contributed by atoms with van der Waals surface area (Å²) in [4.78, 5) is 0. The van der Waals surface area contributed by atoms with Crippen molar-refractivity contribution in [1.29, 1.82) is 0 Å². The van der Waals surface area contributed by atoms with Crippen molar-refractivity contribution < 1.29 is 4.39 Å². The van der Waals surface area contributed by atoms with Crippen molar-refractivity contribution in [3.8, 4) is 0 Å². The van der Waals surface area contributed by atoms with Gasteiger partial charge in [-0.1, -0.05) is 32.8 Å². The fourth-order valence-electron chi connectivity index (χ4n) is 3.79. The lowest BCUT2D eigenvalue weighted by Crippen LogP contribution is -2.32. The van der Waals surface area contributed by atoms with Gasteiger partial charge in [-0.15, -0.1) is 0 Å². The standard InChI is InChI=1S/C19H30FN/c1-13(2)11-21-12-16-7-5-6-8-17(16)19-15(4)9-14(3)10-18(19)20/h9-10,13,16-17,21H,5-8,11-12H2,1-4H3. The molecule has 0 amide bonds. The molecule has 2 rings (SSSR count). The molecule has 1 aliphatic carbocycles. The Hall–Kier alpha value is -0.890. The van der Waals surface area contributed by atoms with Crippen LogP contribution in [0.5, 0.6) is 0 Å². The van der Waals surface area contributed by atoms with E-state index in [9.17, 15) is 4.39 Å². The molecule has 21 heavy (non-hydrogen) atoms. The predicted octanol–water partition coefficient (Wildman–Crippen LogP) is 4.96. The number of hydrogen-bond donors (Lipinski definition) is 1. The van der Waals surface area contributed by atoms with Crippen molar-refractivity contribution in [3.05, 3.63) is 34.6 Å². The van der Waals surface area contributed by atoms with E-state index in [2.05, 4.69) is 32.2 Å². The summed E-state index contributed by atoms with van der Waals surface area (Å²) in [6.45, 7) is 10.6. The van der Waals surface area contributed by atoms with Crippen molar-refractivity contribution in [2.45, 2.75) is 59.3 Å². The fraction of sp³-hybridized carbons (Fsp3) is 0.684. The molecule has 0 aromatic heterocycles. The first-order valence-corrected chi connectivity index (χ1v) is 8.46. The summed E-state index contributed by atoms with van der Waals surface area (Å²) in [5, 5.41) is 3.58. The largest absolute Gasteiger partial charge is 0.316 e. The summed E-state index contributed by atoms with van der Waals surface area (Å²) in [6.07, 6.45) is 4.88. The minimum Gasteiger partial charge on any atom is -0.316 e. The van der Waals surface area contributed by atoms with Gasteiger partial charge < -0.3 is 5.32 Å². The van der Waals surface area contributed by atoms with Crippen LogP contribution in [0.3, 0.4) is 0 Å². The van der Waals surface area contributed by atoms with E-state index in [1.807, 2.05) is 6.92 Å². The summed E-state index contributed by atoms with van der Waals surface area (Å²) in [5.74, 6) is 1.64. The Morgan fingerprint density at radius 3 is 2.57 bits per heavy atom. The van der Waals surface area contributed by atoms with Gasteiger partial charge in [0.15, 0.2) is 0 Å². The highest BCUT2D eigenvalue weighted by molar-refractivity contribution is 5.35. The smallest absolute Gasteiger partial charge is 0.127 e. The van der Waals surface area contributed by atoms with Crippen LogP contribution in [-0.4, -0.2) is 13.1 Å². The number of nitrogens with one attached hydrogen (secondary N) is 1. The monoisotopic (exact) mass is 291 g/mol. The Morgan fingerprint density at radius 2 is 1.90 bits per heavy atom. The summed E-state index contributed by atoms with van der Waals surface area (Å²) in [7, 11) is 0. The van der Waals surface area contributed by atoms with Crippen molar-refractivity contribution in [3.63, 3.8) is 0 Å². The fourth-order valence-corrected chi connectivity index (χ4v) is 3.79. The van der Waals surface area contributed by atoms with Crippen LogP contribution in [0.15, 0.2) is 12.1 Å². The van der Waals surface area contributed by atoms with E-state index in [1.54, 1.807) is 6.07 Å². The van der Waals surface area contributed by atoms with Crippen molar-refractivity contribution in [1.82, 2.24) is 5.32 Å². The summed E-state index contributed by atoms with van der Waals surface area (Å²) in [5.41, 5.74) is 3.14. The number of hydrogen-bond acceptors (Lipinski definition) is 1. The van der Waals surface area contributed by atoms with Gasteiger partial charge in [0.2, 0.25) is 0 Å². The summed E-state index contributed by atoms with van der Waals surface area (Å²) >= 11 is 0. The minimum absolute atomic E-state index is 0.00765. The molecule has 0 heterocycles. The molecule has 1 aromatic carbocycles. The van der Waals surface area contributed by atoms with Gasteiger partial charge in [0.1, 0.15) is 5.82 Å². The molecule has 0 aliphatic heterocycles. The number of halogens is 1. The molecule has 0 radical (unpaired) electrons. The maximum atomic E-state index is 14.5. The molecule has 1 nitrogen and oxygen atoms in total. The van der Waals surface area contributed by atoms with Gasteiger partial charge in [0, 0.05) is 0 Å². The Morgan fingerprint density at radius 1 is 1.19 bits per heavy atom. The second-order valence-electron chi connectivity index (χ2n) is 7.18. The quantitative estimate of drug-likeness (QED) is 0.808. The van der Waals surface area contributed by atoms with Crippen LogP contribution in [-0.2, 0) is 0 Å². The molecular weight excluding hydrogens is 261 g/mol. The van der Waals surface area contributed by atoms with E-state index < -0.39 is 0 Å². The number of benzene rings is 1. The topological polar surface area (TPSA) is 12.0 Å². The molecule has 1 saturated carbocycles. The number of aryl methyl sites for hydroxylation is 2. The molecule has 118 valence electrons. The van der Waals surface area contributed by atoms with Crippen LogP contribution >= 0.6 is 0 Å². The molecule has 2 unspecified atom stereocenters. The van der Waals surface area contributed by atoms with Gasteiger partial charge in [-0.2, -0.15) is 0 Å². The Bertz CT molecular complexity index is 444. The zero-order valence-corrected chi connectivity index (χ0v) is 14.0. The summed E-state index contributed by atoms with van der Waals surface area (Å²) in [6, 6.07) is 3.83.